The Bertz CT molecular complexity index is 625. The zero-order chi connectivity index (χ0) is 13.2. The number of halogens is 1. The second-order valence-electron chi connectivity index (χ2n) is 3.65. The van der Waals surface area contributed by atoms with Crippen LogP contribution in [0.4, 0.5) is 0 Å². The average molecular weight is 287 g/mol. The highest BCUT2D eigenvalue weighted by Crippen LogP contribution is 2.21. The molecular formula is C11H11ClN2O3S. The molecule has 1 N–H and O–H groups in total. The van der Waals surface area contributed by atoms with Gasteiger partial charge < -0.3 is 4.42 Å². The van der Waals surface area contributed by atoms with E-state index in [2.05, 4.69) is 9.71 Å². The van der Waals surface area contributed by atoms with Crippen molar-refractivity contribution in [2.45, 2.75) is 17.9 Å². The largest absolute Gasteiger partial charge is 0.468 e. The van der Waals surface area contributed by atoms with Crippen molar-refractivity contribution < 1.29 is 12.8 Å². The van der Waals surface area contributed by atoms with Crippen molar-refractivity contribution in [3.63, 3.8) is 0 Å². The maximum atomic E-state index is 12.1. The topological polar surface area (TPSA) is 72.2 Å². The van der Waals surface area contributed by atoms with Crippen LogP contribution >= 0.6 is 11.6 Å². The molecule has 0 spiro atoms. The van der Waals surface area contributed by atoms with Crippen molar-refractivity contribution in [3.8, 4) is 0 Å². The molecule has 2 aromatic heterocycles. The van der Waals surface area contributed by atoms with Crippen LogP contribution in [0.3, 0.4) is 0 Å². The molecule has 1 unspecified atom stereocenters. The Morgan fingerprint density at radius 3 is 2.78 bits per heavy atom. The average Bonchev–Trinajstić information content (AvgIpc) is 2.82. The molecule has 96 valence electrons. The molecule has 0 aliphatic heterocycles. The minimum Gasteiger partial charge on any atom is -0.468 e. The van der Waals surface area contributed by atoms with Gasteiger partial charge in [-0.2, -0.15) is 0 Å². The van der Waals surface area contributed by atoms with Crippen molar-refractivity contribution in [2.75, 3.05) is 0 Å². The SMILES string of the molecule is CC(NS(=O)(=O)c1cccnc1Cl)c1ccco1. The van der Waals surface area contributed by atoms with Crippen molar-refractivity contribution in [1.82, 2.24) is 9.71 Å². The Balaban J connectivity index is 2.26. The van der Waals surface area contributed by atoms with E-state index in [9.17, 15) is 8.42 Å². The van der Waals surface area contributed by atoms with E-state index in [1.54, 1.807) is 19.1 Å². The Labute approximate surface area is 110 Å². The van der Waals surface area contributed by atoms with Gasteiger partial charge in [0.05, 0.1) is 12.3 Å². The van der Waals surface area contributed by atoms with E-state index in [0.29, 0.717) is 5.76 Å². The van der Waals surface area contributed by atoms with Crippen LogP contribution in [0.25, 0.3) is 0 Å². The molecule has 0 aliphatic carbocycles. The van der Waals surface area contributed by atoms with Crippen molar-refractivity contribution in [3.05, 3.63) is 47.6 Å². The van der Waals surface area contributed by atoms with Crippen LogP contribution in [0.5, 0.6) is 0 Å². The highest BCUT2D eigenvalue weighted by Gasteiger charge is 2.22. The number of sulfonamides is 1. The highest BCUT2D eigenvalue weighted by atomic mass is 35.5. The summed E-state index contributed by atoms with van der Waals surface area (Å²) in [6.45, 7) is 1.68. The Kier molecular flexibility index (Phi) is 3.70. The number of hydrogen-bond acceptors (Lipinski definition) is 4. The lowest BCUT2D eigenvalue weighted by molar-refractivity contribution is 0.459. The van der Waals surface area contributed by atoms with E-state index < -0.39 is 16.1 Å². The first kappa shape index (κ1) is 13.1. The molecular weight excluding hydrogens is 276 g/mol. The number of furan rings is 1. The van der Waals surface area contributed by atoms with E-state index in [0.717, 1.165) is 0 Å². The van der Waals surface area contributed by atoms with Crippen LogP contribution in [0.1, 0.15) is 18.7 Å². The quantitative estimate of drug-likeness (QED) is 0.876. The first-order valence-corrected chi connectivity index (χ1v) is 7.03. The number of pyridine rings is 1. The molecule has 5 nitrogen and oxygen atoms in total. The van der Waals surface area contributed by atoms with Crippen LogP contribution in [0.2, 0.25) is 5.15 Å². The number of hydrogen-bond donors (Lipinski definition) is 1. The maximum Gasteiger partial charge on any atom is 0.244 e. The Morgan fingerprint density at radius 1 is 1.39 bits per heavy atom. The van der Waals surface area contributed by atoms with Gasteiger partial charge in [-0.25, -0.2) is 18.1 Å². The molecule has 7 heteroatoms. The number of nitrogens with zero attached hydrogens (tertiary/aromatic N) is 1. The number of aromatic nitrogens is 1. The molecule has 0 radical (unpaired) electrons. The molecule has 18 heavy (non-hydrogen) atoms. The Morgan fingerprint density at radius 2 is 2.17 bits per heavy atom. The third-order valence-corrected chi connectivity index (χ3v) is 4.30. The molecule has 2 rings (SSSR count). The summed E-state index contributed by atoms with van der Waals surface area (Å²) in [6.07, 6.45) is 2.91. The summed E-state index contributed by atoms with van der Waals surface area (Å²) in [5.74, 6) is 0.526. The van der Waals surface area contributed by atoms with Gasteiger partial charge in [-0.3, -0.25) is 0 Å². The zero-order valence-corrected chi connectivity index (χ0v) is 11.1. The minimum absolute atomic E-state index is 0.0509. The zero-order valence-electron chi connectivity index (χ0n) is 9.50. The molecule has 0 saturated heterocycles. The maximum absolute atomic E-state index is 12.1. The van der Waals surface area contributed by atoms with Gasteiger partial charge in [0.15, 0.2) is 0 Å². The molecule has 1 atom stereocenters. The molecule has 0 fully saturated rings. The molecule has 0 aromatic carbocycles. The fraction of sp³-hybridized carbons (Fsp3) is 0.182. The fourth-order valence-corrected chi connectivity index (χ4v) is 3.13. The lowest BCUT2D eigenvalue weighted by atomic mass is 10.3. The van der Waals surface area contributed by atoms with E-state index in [1.807, 2.05) is 0 Å². The highest BCUT2D eigenvalue weighted by molar-refractivity contribution is 7.89. The van der Waals surface area contributed by atoms with Crippen molar-refractivity contribution >= 4 is 21.6 Å². The van der Waals surface area contributed by atoms with Gasteiger partial charge in [0.25, 0.3) is 0 Å². The van der Waals surface area contributed by atoms with Gasteiger partial charge in [0, 0.05) is 6.20 Å². The van der Waals surface area contributed by atoms with Crippen LogP contribution < -0.4 is 4.72 Å². The standard InChI is InChI=1S/C11H11ClN2O3S/c1-8(9-4-3-7-17-9)14-18(15,16)10-5-2-6-13-11(10)12/h2-8,14H,1H3. The second-order valence-corrected chi connectivity index (χ2v) is 5.69. The normalized spacial score (nSPS) is 13.4. The lowest BCUT2D eigenvalue weighted by Crippen LogP contribution is -2.27. The lowest BCUT2D eigenvalue weighted by Gasteiger charge is -2.12. The van der Waals surface area contributed by atoms with Gasteiger partial charge in [-0.1, -0.05) is 11.6 Å². The van der Waals surface area contributed by atoms with Crippen LogP contribution in [-0.2, 0) is 10.0 Å². The van der Waals surface area contributed by atoms with Crippen molar-refractivity contribution in [1.29, 1.82) is 0 Å². The molecule has 2 heterocycles. The smallest absolute Gasteiger partial charge is 0.244 e. The first-order valence-electron chi connectivity index (χ1n) is 5.17. The summed E-state index contributed by atoms with van der Waals surface area (Å²) in [5.41, 5.74) is 0. The van der Waals surface area contributed by atoms with Crippen LogP contribution in [-0.4, -0.2) is 13.4 Å². The third kappa shape index (κ3) is 2.72. The van der Waals surface area contributed by atoms with Gasteiger partial charge in [0.2, 0.25) is 10.0 Å². The summed E-state index contributed by atoms with van der Waals surface area (Å²) in [6, 6.07) is 5.81. The van der Waals surface area contributed by atoms with E-state index in [-0.39, 0.29) is 10.0 Å². The molecule has 0 amide bonds. The van der Waals surface area contributed by atoms with Gasteiger partial charge in [-0.05, 0) is 31.2 Å². The van der Waals surface area contributed by atoms with Crippen LogP contribution in [0, 0.1) is 0 Å². The summed E-state index contributed by atoms with van der Waals surface area (Å²) in [7, 11) is -3.72. The van der Waals surface area contributed by atoms with Crippen molar-refractivity contribution in [2.24, 2.45) is 0 Å². The molecule has 0 bridgehead atoms. The third-order valence-electron chi connectivity index (χ3n) is 2.32. The minimum atomic E-state index is -3.72. The van der Waals surface area contributed by atoms with E-state index in [4.69, 9.17) is 16.0 Å². The summed E-state index contributed by atoms with van der Waals surface area (Å²) in [4.78, 5) is 3.69. The molecule has 0 saturated carbocycles. The van der Waals surface area contributed by atoms with E-state index >= 15 is 0 Å². The molecule has 0 aliphatic rings. The van der Waals surface area contributed by atoms with E-state index in [1.165, 1.54) is 24.6 Å². The summed E-state index contributed by atoms with van der Waals surface area (Å²) in [5, 5.41) is -0.0587. The molecule has 2 aromatic rings. The Hall–Kier alpha value is -1.37. The van der Waals surface area contributed by atoms with Crippen LogP contribution in [0.15, 0.2) is 46.0 Å². The van der Waals surface area contributed by atoms with Gasteiger partial charge in [0.1, 0.15) is 15.8 Å². The van der Waals surface area contributed by atoms with Gasteiger partial charge >= 0.3 is 0 Å². The summed E-state index contributed by atoms with van der Waals surface area (Å²) >= 11 is 5.76. The monoisotopic (exact) mass is 286 g/mol. The predicted molar refractivity (Wildman–Crippen MR) is 66.7 cm³/mol. The predicted octanol–water partition coefficient (Wildman–Crippen LogP) is 2.37. The van der Waals surface area contributed by atoms with Gasteiger partial charge in [-0.15, -0.1) is 0 Å². The number of nitrogens with one attached hydrogen (secondary N) is 1. The summed E-state index contributed by atoms with van der Waals surface area (Å²) < 4.78 is 31.8. The second kappa shape index (κ2) is 5.09. The fourth-order valence-electron chi connectivity index (χ4n) is 1.46. The number of rotatable bonds is 4. The first-order chi connectivity index (χ1) is 8.50.